The van der Waals surface area contributed by atoms with Crippen molar-refractivity contribution in [2.75, 3.05) is 7.05 Å². The molecule has 1 amide bonds. The van der Waals surface area contributed by atoms with Crippen LogP contribution >= 0.6 is 0 Å². The van der Waals surface area contributed by atoms with Crippen molar-refractivity contribution in [1.29, 1.82) is 0 Å². The summed E-state index contributed by atoms with van der Waals surface area (Å²) in [5.41, 5.74) is 2.27. The first-order valence-electron chi connectivity index (χ1n) is 10.7. The number of benzene rings is 1. The average Bonchev–Trinajstić information content (AvgIpc) is 3.11. The molecule has 8 heteroatoms. The zero-order valence-electron chi connectivity index (χ0n) is 17.8. The van der Waals surface area contributed by atoms with Gasteiger partial charge in [0.05, 0.1) is 0 Å². The van der Waals surface area contributed by atoms with Crippen LogP contribution in [0, 0.1) is 5.82 Å². The maximum Gasteiger partial charge on any atom is 0.270 e. The van der Waals surface area contributed by atoms with E-state index in [4.69, 9.17) is 0 Å². The molecule has 1 aliphatic carbocycles. The van der Waals surface area contributed by atoms with E-state index in [1.54, 1.807) is 30.5 Å². The fourth-order valence-electron chi connectivity index (χ4n) is 4.14. The molecule has 32 heavy (non-hydrogen) atoms. The lowest BCUT2D eigenvalue weighted by molar-refractivity contribution is 0.0945. The van der Waals surface area contributed by atoms with Gasteiger partial charge in [-0.2, -0.15) is 0 Å². The molecule has 0 radical (unpaired) electrons. The highest BCUT2D eigenvalue weighted by molar-refractivity contribution is 5.92. The summed E-state index contributed by atoms with van der Waals surface area (Å²) in [6.07, 6.45) is 5.33. The number of fused-ring (bicyclic) bond motifs is 2. The summed E-state index contributed by atoms with van der Waals surface area (Å²) in [5, 5.41) is 3.47. The van der Waals surface area contributed by atoms with Gasteiger partial charge >= 0.3 is 0 Å². The largest absolute Gasteiger partial charge is 0.357 e. The third kappa shape index (κ3) is 3.89. The Morgan fingerprint density at radius 2 is 2.12 bits per heavy atom. The summed E-state index contributed by atoms with van der Waals surface area (Å²) in [4.78, 5) is 34.7. The minimum atomic E-state index is -0.526. The Morgan fingerprint density at radius 1 is 1.28 bits per heavy atom. The predicted molar refractivity (Wildman–Crippen MR) is 120 cm³/mol. The van der Waals surface area contributed by atoms with Gasteiger partial charge in [-0.1, -0.05) is 12.5 Å². The minimum absolute atomic E-state index is 0.00359. The highest BCUT2D eigenvalue weighted by Gasteiger charge is 2.22. The van der Waals surface area contributed by atoms with Crippen LogP contribution in [0.5, 0.6) is 0 Å². The second-order valence-electron chi connectivity index (χ2n) is 8.42. The molecule has 0 aliphatic heterocycles. The third-order valence-corrected chi connectivity index (χ3v) is 6.20. The summed E-state index contributed by atoms with van der Waals surface area (Å²) in [6, 6.07) is 12.1. The second kappa shape index (κ2) is 8.20. The first-order chi connectivity index (χ1) is 15.5. The molecule has 0 saturated heterocycles. The normalized spacial score (nSPS) is 14.2. The number of aromatic nitrogens is 3. The average molecular weight is 433 g/mol. The summed E-state index contributed by atoms with van der Waals surface area (Å²) >= 11 is 0. The molecule has 7 nitrogen and oxygen atoms in total. The van der Waals surface area contributed by atoms with E-state index in [1.165, 1.54) is 35.8 Å². The van der Waals surface area contributed by atoms with Gasteiger partial charge in [0.15, 0.2) is 0 Å². The number of hydrogen-bond donors (Lipinski definition) is 2. The van der Waals surface area contributed by atoms with Gasteiger partial charge < -0.3 is 10.3 Å². The van der Waals surface area contributed by atoms with Crippen LogP contribution < -0.4 is 10.9 Å². The summed E-state index contributed by atoms with van der Waals surface area (Å²) in [6.45, 7) is 0.781. The van der Waals surface area contributed by atoms with Crippen molar-refractivity contribution in [3.05, 3.63) is 81.8 Å². The first kappa shape index (κ1) is 20.4. The zero-order chi connectivity index (χ0) is 22.2. The van der Waals surface area contributed by atoms with E-state index >= 15 is 0 Å². The third-order valence-electron chi connectivity index (χ3n) is 6.20. The predicted octanol–water partition coefficient (Wildman–Crippen LogP) is 3.23. The molecule has 3 heterocycles. The van der Waals surface area contributed by atoms with Crippen LogP contribution in [0.4, 0.5) is 4.39 Å². The van der Waals surface area contributed by atoms with Crippen LogP contribution in [0.15, 0.2) is 53.5 Å². The Kier molecular flexibility index (Phi) is 5.22. The molecule has 1 fully saturated rings. The van der Waals surface area contributed by atoms with Gasteiger partial charge in [0, 0.05) is 53.6 Å². The molecule has 0 spiro atoms. The summed E-state index contributed by atoms with van der Waals surface area (Å²) in [5.74, 6) is -0.913. The van der Waals surface area contributed by atoms with Gasteiger partial charge in [-0.15, -0.1) is 0 Å². The van der Waals surface area contributed by atoms with E-state index in [0.717, 1.165) is 23.1 Å². The van der Waals surface area contributed by atoms with Crippen molar-refractivity contribution in [1.82, 2.24) is 24.6 Å². The van der Waals surface area contributed by atoms with Gasteiger partial charge in [0.2, 0.25) is 0 Å². The number of amides is 1. The number of carbonyl (C=O) groups is 1. The molecule has 1 saturated carbocycles. The van der Waals surface area contributed by atoms with E-state index in [9.17, 15) is 14.0 Å². The molecule has 4 aromatic rings. The van der Waals surface area contributed by atoms with Crippen LogP contribution in [0.1, 0.15) is 41.0 Å². The molecule has 0 atom stereocenters. The van der Waals surface area contributed by atoms with Crippen molar-refractivity contribution in [2.24, 2.45) is 0 Å². The maximum absolute atomic E-state index is 14.7. The Balaban J connectivity index is 1.32. The maximum atomic E-state index is 14.7. The number of nitrogens with one attached hydrogen (secondary N) is 2. The lowest BCUT2D eigenvalue weighted by Crippen LogP contribution is -2.36. The number of H-pyrrole nitrogens is 1. The zero-order valence-corrected chi connectivity index (χ0v) is 17.8. The summed E-state index contributed by atoms with van der Waals surface area (Å²) < 4.78 is 16.0. The SMILES string of the molecule is CN(Cc1cc2cc(F)c(CNC(=O)c3cc(=O)n4ccccc4n3)cc2[nH]1)C1CCC1. The number of pyridine rings is 1. The quantitative estimate of drug-likeness (QED) is 0.489. The van der Waals surface area contributed by atoms with Crippen LogP contribution in [-0.4, -0.2) is 38.3 Å². The van der Waals surface area contributed by atoms with Crippen molar-refractivity contribution < 1.29 is 9.18 Å². The van der Waals surface area contributed by atoms with Gasteiger partial charge in [-0.25, -0.2) is 9.37 Å². The Bertz CT molecular complexity index is 1370. The van der Waals surface area contributed by atoms with Crippen molar-refractivity contribution in [3.63, 3.8) is 0 Å². The van der Waals surface area contributed by atoms with E-state index in [2.05, 4.69) is 27.2 Å². The van der Waals surface area contributed by atoms with Gasteiger partial charge in [0.25, 0.3) is 11.5 Å². The van der Waals surface area contributed by atoms with Crippen molar-refractivity contribution in [3.8, 4) is 0 Å². The molecule has 0 unspecified atom stereocenters. The van der Waals surface area contributed by atoms with E-state index in [0.29, 0.717) is 17.3 Å². The van der Waals surface area contributed by atoms with E-state index < -0.39 is 5.91 Å². The first-order valence-corrected chi connectivity index (χ1v) is 10.7. The molecule has 5 rings (SSSR count). The second-order valence-corrected chi connectivity index (χ2v) is 8.42. The molecule has 2 N–H and O–H groups in total. The monoisotopic (exact) mass is 433 g/mol. The fourth-order valence-corrected chi connectivity index (χ4v) is 4.14. The Hall–Kier alpha value is -3.52. The van der Waals surface area contributed by atoms with Crippen LogP contribution in [-0.2, 0) is 13.1 Å². The Morgan fingerprint density at radius 3 is 2.91 bits per heavy atom. The summed E-state index contributed by atoms with van der Waals surface area (Å²) in [7, 11) is 2.11. The molecule has 1 aliphatic rings. The van der Waals surface area contributed by atoms with Crippen molar-refractivity contribution >= 4 is 22.5 Å². The van der Waals surface area contributed by atoms with Crippen LogP contribution in [0.3, 0.4) is 0 Å². The number of aromatic amines is 1. The molecule has 3 aromatic heterocycles. The lowest BCUT2D eigenvalue weighted by Gasteiger charge is -2.34. The highest BCUT2D eigenvalue weighted by Crippen LogP contribution is 2.26. The number of rotatable bonds is 6. The standard InChI is InChI=1S/C24H24FN5O2/c1-29(18-5-4-6-18)14-17-9-15-10-19(25)16(11-20(15)27-17)13-26-24(32)21-12-23(31)30-8-3-2-7-22(30)28-21/h2-3,7-12,18,27H,4-6,13-14H2,1H3,(H,26,32). The topological polar surface area (TPSA) is 82.5 Å². The number of hydrogen-bond acceptors (Lipinski definition) is 4. The van der Waals surface area contributed by atoms with Crippen LogP contribution in [0.2, 0.25) is 0 Å². The van der Waals surface area contributed by atoms with Crippen molar-refractivity contribution in [2.45, 2.75) is 38.4 Å². The molecular formula is C24H24FN5O2. The molecule has 164 valence electrons. The highest BCUT2D eigenvalue weighted by atomic mass is 19.1. The Labute approximate surface area is 183 Å². The van der Waals surface area contributed by atoms with Crippen LogP contribution in [0.25, 0.3) is 16.6 Å². The van der Waals surface area contributed by atoms with Gasteiger partial charge in [-0.3, -0.25) is 18.9 Å². The smallest absolute Gasteiger partial charge is 0.270 e. The number of carbonyl (C=O) groups excluding carboxylic acids is 1. The number of halogens is 1. The minimum Gasteiger partial charge on any atom is -0.357 e. The lowest BCUT2D eigenvalue weighted by atomic mass is 9.92. The fraction of sp³-hybridized carbons (Fsp3) is 0.292. The molecule has 1 aromatic carbocycles. The van der Waals surface area contributed by atoms with Gasteiger partial charge in [-0.05, 0) is 50.2 Å². The molecular weight excluding hydrogens is 409 g/mol. The van der Waals surface area contributed by atoms with Gasteiger partial charge in [0.1, 0.15) is 17.2 Å². The number of nitrogens with zero attached hydrogens (tertiary/aromatic N) is 3. The molecule has 0 bridgehead atoms. The van der Waals surface area contributed by atoms with E-state index in [1.807, 2.05) is 6.07 Å². The van der Waals surface area contributed by atoms with E-state index in [-0.39, 0.29) is 23.6 Å².